The average Bonchev–Trinajstić information content (AvgIpc) is 2.78. The van der Waals surface area contributed by atoms with Gasteiger partial charge in [-0.05, 0) is 31.9 Å². The van der Waals surface area contributed by atoms with E-state index in [4.69, 9.17) is 10.5 Å². The molecule has 1 unspecified atom stereocenters. The summed E-state index contributed by atoms with van der Waals surface area (Å²) in [5, 5.41) is 3.16. The van der Waals surface area contributed by atoms with Gasteiger partial charge in [-0.15, -0.1) is 0 Å². The SMILES string of the molecule is CSC1(CN=C(N)NCC2CCCO2)CCC1. The maximum Gasteiger partial charge on any atom is 0.188 e. The van der Waals surface area contributed by atoms with Gasteiger partial charge < -0.3 is 15.8 Å². The highest BCUT2D eigenvalue weighted by atomic mass is 32.2. The van der Waals surface area contributed by atoms with Crippen LogP contribution in [0.4, 0.5) is 0 Å². The number of guanidine groups is 1. The molecule has 1 aliphatic heterocycles. The minimum Gasteiger partial charge on any atom is -0.376 e. The molecular weight excluding hydrogens is 234 g/mol. The molecule has 4 nitrogen and oxygen atoms in total. The van der Waals surface area contributed by atoms with Gasteiger partial charge in [0.05, 0.1) is 12.6 Å². The Morgan fingerprint density at radius 3 is 2.88 bits per heavy atom. The van der Waals surface area contributed by atoms with E-state index in [0.717, 1.165) is 26.1 Å². The fourth-order valence-electron chi connectivity index (χ4n) is 2.31. The van der Waals surface area contributed by atoms with E-state index in [0.29, 0.717) is 16.8 Å². The Kier molecular flexibility index (Phi) is 4.56. The zero-order valence-electron chi connectivity index (χ0n) is 10.6. The molecule has 0 aromatic rings. The molecule has 2 aliphatic rings. The Balaban J connectivity index is 1.69. The molecule has 1 atom stereocenters. The molecule has 1 aliphatic carbocycles. The van der Waals surface area contributed by atoms with Crippen LogP contribution in [-0.4, -0.2) is 42.8 Å². The van der Waals surface area contributed by atoms with Gasteiger partial charge in [-0.2, -0.15) is 11.8 Å². The van der Waals surface area contributed by atoms with Crippen LogP contribution in [0.2, 0.25) is 0 Å². The molecule has 98 valence electrons. The van der Waals surface area contributed by atoms with Gasteiger partial charge in [0.2, 0.25) is 0 Å². The van der Waals surface area contributed by atoms with Crippen LogP contribution in [0.3, 0.4) is 0 Å². The quantitative estimate of drug-likeness (QED) is 0.576. The zero-order valence-corrected chi connectivity index (χ0v) is 11.4. The zero-order chi connectivity index (χ0) is 12.1. The molecule has 1 heterocycles. The van der Waals surface area contributed by atoms with Crippen LogP contribution in [0, 0.1) is 0 Å². The van der Waals surface area contributed by atoms with Gasteiger partial charge in [0.1, 0.15) is 0 Å². The third-order valence-corrected chi connectivity index (χ3v) is 5.17. The number of aliphatic imine (C=N–C) groups is 1. The summed E-state index contributed by atoms with van der Waals surface area (Å²) >= 11 is 1.93. The van der Waals surface area contributed by atoms with Gasteiger partial charge in [-0.1, -0.05) is 6.42 Å². The Bertz CT molecular complexity index is 267. The number of thioether (sulfide) groups is 1. The third kappa shape index (κ3) is 3.52. The van der Waals surface area contributed by atoms with Crippen molar-refractivity contribution >= 4 is 17.7 Å². The van der Waals surface area contributed by atoms with Crippen molar-refractivity contribution in [2.45, 2.75) is 43.0 Å². The van der Waals surface area contributed by atoms with Gasteiger partial charge in [0.15, 0.2) is 5.96 Å². The predicted molar refractivity (Wildman–Crippen MR) is 73.6 cm³/mol. The maximum atomic E-state index is 5.87. The largest absolute Gasteiger partial charge is 0.376 e. The number of hydrogen-bond donors (Lipinski definition) is 2. The lowest BCUT2D eigenvalue weighted by molar-refractivity contribution is 0.114. The molecule has 1 saturated carbocycles. The molecule has 0 bridgehead atoms. The van der Waals surface area contributed by atoms with Crippen LogP contribution < -0.4 is 11.1 Å². The molecule has 2 rings (SSSR count). The van der Waals surface area contributed by atoms with Crippen LogP contribution in [-0.2, 0) is 4.74 Å². The van der Waals surface area contributed by atoms with E-state index in [9.17, 15) is 0 Å². The second-order valence-corrected chi connectivity index (χ2v) is 6.23. The van der Waals surface area contributed by atoms with Gasteiger partial charge in [0.25, 0.3) is 0 Å². The van der Waals surface area contributed by atoms with Crippen LogP contribution in [0.15, 0.2) is 4.99 Å². The van der Waals surface area contributed by atoms with Crippen LogP contribution >= 0.6 is 11.8 Å². The molecule has 17 heavy (non-hydrogen) atoms. The number of hydrogen-bond acceptors (Lipinski definition) is 3. The number of ether oxygens (including phenoxy) is 1. The first-order valence-electron chi connectivity index (χ1n) is 6.45. The summed E-state index contributed by atoms with van der Waals surface area (Å²) in [7, 11) is 0. The smallest absolute Gasteiger partial charge is 0.188 e. The highest BCUT2D eigenvalue weighted by Gasteiger charge is 2.35. The van der Waals surface area contributed by atoms with Crippen molar-refractivity contribution in [2.75, 3.05) is 26.0 Å². The van der Waals surface area contributed by atoms with E-state index in [1.54, 1.807) is 0 Å². The molecule has 3 N–H and O–H groups in total. The Morgan fingerprint density at radius 2 is 2.35 bits per heavy atom. The Hall–Kier alpha value is -0.420. The summed E-state index contributed by atoms with van der Waals surface area (Å²) in [6.07, 6.45) is 8.67. The highest BCUT2D eigenvalue weighted by Crippen LogP contribution is 2.42. The lowest BCUT2D eigenvalue weighted by Gasteiger charge is -2.39. The van der Waals surface area contributed by atoms with Crippen molar-refractivity contribution in [3.63, 3.8) is 0 Å². The van der Waals surface area contributed by atoms with E-state index in [1.807, 2.05) is 11.8 Å². The second kappa shape index (κ2) is 5.96. The molecule has 2 fully saturated rings. The molecule has 0 amide bonds. The highest BCUT2D eigenvalue weighted by molar-refractivity contribution is 8.00. The van der Waals surface area contributed by atoms with Crippen molar-refractivity contribution in [3.05, 3.63) is 0 Å². The summed E-state index contributed by atoms with van der Waals surface area (Å²) in [4.78, 5) is 4.46. The van der Waals surface area contributed by atoms with Crippen molar-refractivity contribution in [2.24, 2.45) is 10.7 Å². The van der Waals surface area contributed by atoms with E-state index in [2.05, 4.69) is 16.6 Å². The van der Waals surface area contributed by atoms with Crippen molar-refractivity contribution < 1.29 is 4.74 Å². The van der Waals surface area contributed by atoms with E-state index < -0.39 is 0 Å². The van der Waals surface area contributed by atoms with Gasteiger partial charge in [-0.25, -0.2) is 0 Å². The molecule has 5 heteroatoms. The van der Waals surface area contributed by atoms with Crippen LogP contribution in [0.25, 0.3) is 0 Å². The summed E-state index contributed by atoms with van der Waals surface area (Å²) in [5.41, 5.74) is 5.87. The summed E-state index contributed by atoms with van der Waals surface area (Å²) in [5.74, 6) is 0.570. The summed E-state index contributed by atoms with van der Waals surface area (Å²) < 4.78 is 5.90. The van der Waals surface area contributed by atoms with Crippen molar-refractivity contribution in [1.29, 1.82) is 0 Å². The normalized spacial score (nSPS) is 27.8. The number of nitrogens with two attached hydrogens (primary N) is 1. The topological polar surface area (TPSA) is 59.6 Å². The fourth-order valence-corrected chi connectivity index (χ4v) is 3.20. The van der Waals surface area contributed by atoms with E-state index in [-0.39, 0.29) is 0 Å². The van der Waals surface area contributed by atoms with Gasteiger partial charge >= 0.3 is 0 Å². The first-order chi connectivity index (χ1) is 8.24. The standard InChI is InChI=1S/C12H23N3OS/c1-17-12(5-3-6-12)9-15-11(13)14-8-10-4-2-7-16-10/h10H,2-9H2,1H3,(H3,13,14,15). The first kappa shape index (κ1) is 13.0. The monoisotopic (exact) mass is 257 g/mol. The molecule has 1 saturated heterocycles. The first-order valence-corrected chi connectivity index (χ1v) is 7.67. The van der Waals surface area contributed by atoms with E-state index >= 15 is 0 Å². The van der Waals surface area contributed by atoms with Crippen molar-refractivity contribution in [1.82, 2.24) is 5.32 Å². The van der Waals surface area contributed by atoms with Crippen LogP contribution in [0.5, 0.6) is 0 Å². The average molecular weight is 257 g/mol. The van der Waals surface area contributed by atoms with E-state index in [1.165, 1.54) is 25.7 Å². The second-order valence-electron chi connectivity index (χ2n) is 4.96. The van der Waals surface area contributed by atoms with Crippen molar-refractivity contribution in [3.8, 4) is 0 Å². The minimum atomic E-state index is 0.321. The summed E-state index contributed by atoms with van der Waals surface area (Å²) in [6.45, 7) is 2.53. The Morgan fingerprint density at radius 1 is 1.53 bits per heavy atom. The fraction of sp³-hybridized carbons (Fsp3) is 0.917. The lowest BCUT2D eigenvalue weighted by Crippen LogP contribution is -2.41. The number of rotatable bonds is 5. The predicted octanol–water partition coefficient (Wildman–Crippen LogP) is 1.36. The maximum absolute atomic E-state index is 5.87. The number of nitrogens with one attached hydrogen (secondary N) is 1. The lowest BCUT2D eigenvalue weighted by atomic mass is 9.84. The number of nitrogens with zero attached hydrogens (tertiary/aromatic N) is 1. The van der Waals surface area contributed by atoms with Gasteiger partial charge in [-0.3, -0.25) is 4.99 Å². The third-order valence-electron chi connectivity index (χ3n) is 3.77. The summed E-state index contributed by atoms with van der Waals surface area (Å²) in [6, 6.07) is 0. The molecule has 0 spiro atoms. The molecule has 0 aromatic heterocycles. The molecule has 0 radical (unpaired) electrons. The molecular formula is C12H23N3OS. The minimum absolute atomic E-state index is 0.321. The molecule has 0 aromatic carbocycles. The van der Waals surface area contributed by atoms with Crippen LogP contribution in [0.1, 0.15) is 32.1 Å². The Labute approximate surface area is 108 Å². The van der Waals surface area contributed by atoms with Gasteiger partial charge in [0, 0.05) is 17.9 Å².